The monoisotopic (exact) mass is 428 g/mol. The molecule has 2 aromatic carbocycles. The molecule has 29 heavy (non-hydrogen) atoms. The molecule has 0 spiro atoms. The molecular weight excluding hydrogens is 404 g/mol. The van der Waals surface area contributed by atoms with Crippen LogP contribution in [0.1, 0.15) is 17.5 Å². The van der Waals surface area contributed by atoms with Crippen molar-refractivity contribution in [2.75, 3.05) is 18.1 Å². The molecule has 0 saturated carbocycles. The van der Waals surface area contributed by atoms with Crippen LogP contribution in [-0.2, 0) is 27.5 Å². The van der Waals surface area contributed by atoms with Gasteiger partial charge < -0.3 is 4.90 Å². The molecule has 0 radical (unpaired) electrons. The number of nitrogens with zero attached hydrogens (tertiary/aromatic N) is 2. The van der Waals surface area contributed by atoms with Crippen molar-refractivity contribution in [1.29, 1.82) is 0 Å². The number of aliphatic imine (C=N–C) groups is 1. The van der Waals surface area contributed by atoms with Crippen LogP contribution in [0.2, 0.25) is 0 Å². The Morgan fingerprint density at radius 1 is 0.966 bits per heavy atom. The van der Waals surface area contributed by atoms with Crippen LogP contribution in [0.4, 0.5) is 0 Å². The SMILES string of the molecule is O=C(CCc1ccccc1)N=C1S[C@H]2CS(=O)(=O)C[C@H]2N1CCc1ccccc1. The molecule has 2 fully saturated rings. The Kier molecular flexibility index (Phi) is 6.06. The van der Waals surface area contributed by atoms with Crippen LogP contribution in [0.5, 0.6) is 0 Å². The molecule has 2 aliphatic rings. The van der Waals surface area contributed by atoms with Gasteiger partial charge in [-0.15, -0.1) is 0 Å². The van der Waals surface area contributed by atoms with Crippen LogP contribution in [0.25, 0.3) is 0 Å². The quantitative estimate of drug-likeness (QED) is 0.708. The fourth-order valence-corrected chi connectivity index (χ4v) is 7.84. The first-order valence-electron chi connectivity index (χ1n) is 9.83. The number of carbonyl (C=O) groups is 1. The molecule has 4 rings (SSSR count). The van der Waals surface area contributed by atoms with Crippen molar-refractivity contribution < 1.29 is 13.2 Å². The minimum absolute atomic E-state index is 0.0311. The van der Waals surface area contributed by atoms with Gasteiger partial charge in [-0.3, -0.25) is 4.79 Å². The molecule has 5 nitrogen and oxygen atoms in total. The van der Waals surface area contributed by atoms with Crippen molar-refractivity contribution >= 4 is 32.7 Å². The average molecular weight is 429 g/mol. The normalized spacial score (nSPS) is 24.0. The Bertz CT molecular complexity index is 991. The third kappa shape index (κ3) is 5.08. The lowest BCUT2D eigenvalue weighted by Gasteiger charge is -2.24. The molecule has 152 valence electrons. The second kappa shape index (κ2) is 8.71. The van der Waals surface area contributed by atoms with E-state index in [1.165, 1.54) is 17.3 Å². The summed E-state index contributed by atoms with van der Waals surface area (Å²) in [6.45, 7) is 0.665. The molecule has 0 unspecified atom stereocenters. The van der Waals surface area contributed by atoms with Crippen molar-refractivity contribution in [2.24, 2.45) is 4.99 Å². The van der Waals surface area contributed by atoms with Crippen molar-refractivity contribution in [3.8, 4) is 0 Å². The Labute approximate surface area is 176 Å². The minimum atomic E-state index is -3.02. The maximum Gasteiger partial charge on any atom is 0.248 e. The van der Waals surface area contributed by atoms with E-state index in [0.29, 0.717) is 24.6 Å². The van der Waals surface area contributed by atoms with E-state index in [4.69, 9.17) is 0 Å². The van der Waals surface area contributed by atoms with E-state index >= 15 is 0 Å². The summed E-state index contributed by atoms with van der Waals surface area (Å²) in [6, 6.07) is 19.9. The van der Waals surface area contributed by atoms with Gasteiger partial charge in [0.05, 0.1) is 17.5 Å². The predicted octanol–water partition coefficient (Wildman–Crippen LogP) is 2.96. The number of fused-ring (bicyclic) bond motifs is 1. The zero-order chi connectivity index (χ0) is 20.3. The molecule has 0 bridgehead atoms. The smallest absolute Gasteiger partial charge is 0.248 e. The molecule has 7 heteroatoms. The third-order valence-electron chi connectivity index (χ3n) is 5.35. The summed E-state index contributed by atoms with van der Waals surface area (Å²) in [6.07, 6.45) is 1.81. The van der Waals surface area contributed by atoms with Crippen molar-refractivity contribution in [1.82, 2.24) is 4.90 Å². The fourth-order valence-electron chi connectivity index (χ4n) is 3.85. The van der Waals surface area contributed by atoms with E-state index in [-0.39, 0.29) is 28.7 Å². The first kappa shape index (κ1) is 20.2. The minimum Gasteiger partial charge on any atom is -0.346 e. The van der Waals surface area contributed by atoms with E-state index in [2.05, 4.69) is 17.1 Å². The summed E-state index contributed by atoms with van der Waals surface area (Å²) >= 11 is 1.45. The largest absolute Gasteiger partial charge is 0.346 e. The molecule has 0 N–H and O–H groups in total. The van der Waals surface area contributed by atoms with Gasteiger partial charge in [0.1, 0.15) is 0 Å². The number of hydrogen-bond acceptors (Lipinski definition) is 4. The van der Waals surface area contributed by atoms with Crippen LogP contribution >= 0.6 is 11.8 Å². The number of amides is 1. The van der Waals surface area contributed by atoms with E-state index in [1.807, 2.05) is 53.4 Å². The molecule has 0 aliphatic carbocycles. The number of benzene rings is 2. The summed E-state index contributed by atoms with van der Waals surface area (Å²) < 4.78 is 24.2. The van der Waals surface area contributed by atoms with Crippen molar-refractivity contribution in [3.63, 3.8) is 0 Å². The summed E-state index contributed by atoms with van der Waals surface area (Å²) in [7, 11) is -3.02. The number of aryl methyl sites for hydroxylation is 1. The predicted molar refractivity (Wildman–Crippen MR) is 118 cm³/mol. The van der Waals surface area contributed by atoms with Gasteiger partial charge in [0, 0.05) is 18.2 Å². The second-order valence-electron chi connectivity index (χ2n) is 7.50. The van der Waals surface area contributed by atoms with Gasteiger partial charge in [0.2, 0.25) is 5.91 Å². The number of sulfone groups is 1. The molecular formula is C22H24N2O3S2. The molecule has 0 aromatic heterocycles. The summed E-state index contributed by atoms with van der Waals surface area (Å²) in [5.74, 6) is 0.168. The van der Waals surface area contributed by atoms with E-state index in [9.17, 15) is 13.2 Å². The van der Waals surface area contributed by atoms with Crippen LogP contribution in [-0.4, -0.2) is 53.7 Å². The first-order valence-corrected chi connectivity index (χ1v) is 12.5. The topological polar surface area (TPSA) is 66.8 Å². The number of rotatable bonds is 6. The summed E-state index contributed by atoms with van der Waals surface area (Å²) in [5, 5.41) is 0.653. The molecule has 2 saturated heterocycles. The summed E-state index contributed by atoms with van der Waals surface area (Å²) in [5.41, 5.74) is 2.31. The van der Waals surface area contributed by atoms with E-state index in [0.717, 1.165) is 12.0 Å². The fraction of sp³-hybridized carbons (Fsp3) is 0.364. The Balaban J connectivity index is 1.46. The number of amidine groups is 1. The Morgan fingerprint density at radius 3 is 2.24 bits per heavy atom. The highest BCUT2D eigenvalue weighted by Crippen LogP contribution is 2.38. The molecule has 2 heterocycles. The van der Waals surface area contributed by atoms with Gasteiger partial charge in [0.25, 0.3) is 0 Å². The van der Waals surface area contributed by atoms with Crippen molar-refractivity contribution in [2.45, 2.75) is 30.6 Å². The standard InChI is InChI=1S/C22H24N2O3S2/c25-21(12-11-17-7-3-1-4-8-17)23-22-24(14-13-18-9-5-2-6-10-18)19-15-29(26,27)16-20(19)28-22/h1-10,19-20H,11-16H2/t19-,20+/m1/s1. The molecule has 2 atom stereocenters. The number of hydrogen-bond donors (Lipinski definition) is 0. The highest BCUT2D eigenvalue weighted by molar-refractivity contribution is 8.15. The average Bonchev–Trinajstić information content (AvgIpc) is 3.17. The number of carbonyl (C=O) groups excluding carboxylic acids is 1. The Hall–Kier alpha value is -2.12. The van der Waals surface area contributed by atoms with Crippen LogP contribution < -0.4 is 0 Å². The Morgan fingerprint density at radius 2 is 1.59 bits per heavy atom. The van der Waals surface area contributed by atoms with Crippen molar-refractivity contribution in [3.05, 3.63) is 71.8 Å². The van der Waals surface area contributed by atoms with Gasteiger partial charge >= 0.3 is 0 Å². The van der Waals surface area contributed by atoms with Crippen LogP contribution in [0.15, 0.2) is 65.7 Å². The molecule has 1 amide bonds. The zero-order valence-electron chi connectivity index (χ0n) is 16.1. The van der Waals surface area contributed by atoms with E-state index in [1.54, 1.807) is 0 Å². The van der Waals surface area contributed by atoms with Crippen LogP contribution in [0.3, 0.4) is 0 Å². The van der Waals surface area contributed by atoms with Gasteiger partial charge in [-0.05, 0) is 24.0 Å². The lowest BCUT2D eigenvalue weighted by atomic mass is 10.1. The van der Waals surface area contributed by atoms with Gasteiger partial charge in [-0.1, -0.05) is 72.4 Å². The maximum absolute atomic E-state index is 12.5. The van der Waals surface area contributed by atoms with E-state index < -0.39 is 9.84 Å². The third-order valence-corrected chi connectivity index (χ3v) is 8.60. The lowest BCUT2D eigenvalue weighted by Crippen LogP contribution is -2.39. The van der Waals surface area contributed by atoms with Gasteiger partial charge in [0.15, 0.2) is 15.0 Å². The second-order valence-corrected chi connectivity index (χ2v) is 10.9. The molecule has 2 aliphatic heterocycles. The zero-order valence-corrected chi connectivity index (χ0v) is 17.7. The molecule has 2 aromatic rings. The van der Waals surface area contributed by atoms with Gasteiger partial charge in [-0.25, -0.2) is 8.42 Å². The highest BCUT2D eigenvalue weighted by Gasteiger charge is 2.48. The van der Waals surface area contributed by atoms with Crippen LogP contribution in [0, 0.1) is 0 Å². The number of thioether (sulfide) groups is 1. The first-order chi connectivity index (χ1) is 14.0. The maximum atomic E-state index is 12.5. The van der Waals surface area contributed by atoms with Gasteiger partial charge in [-0.2, -0.15) is 4.99 Å². The summed E-state index contributed by atoms with van der Waals surface area (Å²) in [4.78, 5) is 18.9. The highest BCUT2D eigenvalue weighted by atomic mass is 32.2. The lowest BCUT2D eigenvalue weighted by molar-refractivity contribution is -0.117.